The van der Waals surface area contributed by atoms with E-state index in [-0.39, 0.29) is 12.1 Å². The van der Waals surface area contributed by atoms with Crippen LogP contribution >= 0.6 is 22.9 Å². The number of hydrogen-bond acceptors (Lipinski definition) is 3. The summed E-state index contributed by atoms with van der Waals surface area (Å²) >= 11 is 7.39. The number of hydrogen-bond donors (Lipinski definition) is 1. The molecule has 0 aliphatic heterocycles. The van der Waals surface area contributed by atoms with E-state index in [1.807, 2.05) is 19.1 Å². The van der Waals surface area contributed by atoms with Crippen molar-refractivity contribution < 1.29 is 4.74 Å². The highest BCUT2D eigenvalue weighted by atomic mass is 35.5. The fourth-order valence-corrected chi connectivity index (χ4v) is 2.30. The van der Waals surface area contributed by atoms with Crippen molar-refractivity contribution >= 4 is 22.9 Å². The summed E-state index contributed by atoms with van der Waals surface area (Å²) in [4.78, 5) is 1.15. The van der Waals surface area contributed by atoms with Crippen LogP contribution < -0.4 is 5.73 Å². The van der Waals surface area contributed by atoms with Gasteiger partial charge in [-0.15, -0.1) is 11.3 Å². The van der Waals surface area contributed by atoms with Crippen LogP contribution in [-0.4, -0.2) is 13.2 Å². The molecule has 0 amide bonds. The zero-order chi connectivity index (χ0) is 10.6. The Hall–Kier alpha value is -0.0900. The Morgan fingerprint density at radius 3 is 2.71 bits per heavy atom. The summed E-state index contributed by atoms with van der Waals surface area (Å²) in [6.07, 6.45) is 2.19. The number of methoxy groups -OCH3 is 1. The minimum atomic E-state index is 0.0881. The Balaban J connectivity index is 2.39. The maximum absolute atomic E-state index is 6.01. The quantitative estimate of drug-likeness (QED) is 0.848. The van der Waals surface area contributed by atoms with Crippen LogP contribution in [-0.2, 0) is 4.74 Å². The van der Waals surface area contributed by atoms with Crippen LogP contribution in [0.2, 0.25) is 4.34 Å². The summed E-state index contributed by atoms with van der Waals surface area (Å²) in [7, 11) is 1.72. The van der Waals surface area contributed by atoms with E-state index in [4.69, 9.17) is 22.1 Å². The lowest BCUT2D eigenvalue weighted by Gasteiger charge is -2.13. The minimum absolute atomic E-state index is 0.0881. The lowest BCUT2D eigenvalue weighted by Crippen LogP contribution is -2.13. The molecule has 2 atom stereocenters. The third-order valence-corrected chi connectivity index (χ3v) is 3.61. The molecule has 4 heteroatoms. The SMILES string of the molecule is COC(C)CCC(N)c1ccc(Cl)s1. The molecule has 2 unspecified atom stereocenters. The molecule has 0 saturated carbocycles. The number of ether oxygens (including phenoxy) is 1. The second-order valence-corrected chi connectivity index (χ2v) is 5.12. The maximum Gasteiger partial charge on any atom is 0.0931 e. The first-order valence-corrected chi connectivity index (χ1v) is 5.86. The van der Waals surface area contributed by atoms with Crippen LogP contribution in [0.5, 0.6) is 0 Å². The average Bonchev–Trinajstić information content (AvgIpc) is 2.60. The second-order valence-electron chi connectivity index (χ2n) is 3.37. The largest absolute Gasteiger partial charge is 0.382 e. The number of nitrogens with two attached hydrogens (primary N) is 1. The van der Waals surface area contributed by atoms with Gasteiger partial charge in [0.2, 0.25) is 0 Å². The minimum Gasteiger partial charge on any atom is -0.382 e. The Labute approximate surface area is 94.0 Å². The van der Waals surface area contributed by atoms with E-state index < -0.39 is 0 Å². The van der Waals surface area contributed by atoms with Gasteiger partial charge in [-0.1, -0.05) is 11.6 Å². The van der Waals surface area contributed by atoms with Gasteiger partial charge in [-0.2, -0.15) is 0 Å². The highest BCUT2D eigenvalue weighted by Gasteiger charge is 2.10. The van der Waals surface area contributed by atoms with Gasteiger partial charge < -0.3 is 10.5 Å². The molecule has 14 heavy (non-hydrogen) atoms. The molecule has 1 aromatic rings. The van der Waals surface area contributed by atoms with Crippen molar-refractivity contribution in [1.29, 1.82) is 0 Å². The monoisotopic (exact) mass is 233 g/mol. The normalized spacial score (nSPS) is 15.4. The van der Waals surface area contributed by atoms with Crippen molar-refractivity contribution in [2.24, 2.45) is 5.73 Å². The van der Waals surface area contributed by atoms with E-state index in [9.17, 15) is 0 Å². The van der Waals surface area contributed by atoms with Gasteiger partial charge in [-0.25, -0.2) is 0 Å². The van der Waals surface area contributed by atoms with Gasteiger partial charge in [0.05, 0.1) is 10.4 Å². The molecular formula is C10H16ClNOS. The standard InChI is InChI=1S/C10H16ClNOS/c1-7(13-2)3-4-8(12)9-5-6-10(11)14-9/h5-8H,3-4,12H2,1-2H3. The van der Waals surface area contributed by atoms with Crippen LogP contribution in [0.15, 0.2) is 12.1 Å². The Morgan fingerprint density at radius 1 is 1.50 bits per heavy atom. The molecule has 2 N–H and O–H groups in total. The average molecular weight is 234 g/mol. The highest BCUT2D eigenvalue weighted by Crippen LogP contribution is 2.28. The van der Waals surface area contributed by atoms with Crippen LogP contribution in [0, 0.1) is 0 Å². The number of thiophene rings is 1. The van der Waals surface area contributed by atoms with Crippen molar-refractivity contribution in [3.63, 3.8) is 0 Å². The van der Waals surface area contributed by atoms with Gasteiger partial charge >= 0.3 is 0 Å². The number of rotatable bonds is 5. The summed E-state index contributed by atoms with van der Waals surface area (Å²) in [5, 5.41) is 0. The second kappa shape index (κ2) is 5.71. The topological polar surface area (TPSA) is 35.2 Å². The molecule has 1 heterocycles. The Kier molecular flexibility index (Phi) is 4.89. The van der Waals surface area contributed by atoms with Crippen molar-refractivity contribution in [1.82, 2.24) is 0 Å². The molecular weight excluding hydrogens is 218 g/mol. The van der Waals surface area contributed by atoms with Gasteiger partial charge in [0.25, 0.3) is 0 Å². The third-order valence-electron chi connectivity index (χ3n) is 2.25. The van der Waals surface area contributed by atoms with Crippen molar-refractivity contribution in [2.75, 3.05) is 7.11 Å². The summed E-state index contributed by atoms with van der Waals surface area (Å²) in [6.45, 7) is 2.05. The Morgan fingerprint density at radius 2 is 2.21 bits per heavy atom. The molecule has 0 aliphatic carbocycles. The summed E-state index contributed by atoms with van der Waals surface area (Å²) in [5.41, 5.74) is 6.01. The zero-order valence-corrected chi connectivity index (χ0v) is 10.1. The van der Waals surface area contributed by atoms with Crippen LogP contribution in [0.1, 0.15) is 30.7 Å². The molecule has 80 valence electrons. The first-order valence-electron chi connectivity index (χ1n) is 4.67. The van der Waals surface area contributed by atoms with E-state index in [0.29, 0.717) is 0 Å². The molecule has 0 aliphatic rings. The van der Waals surface area contributed by atoms with Gasteiger partial charge in [0, 0.05) is 18.0 Å². The molecule has 0 fully saturated rings. The molecule has 0 spiro atoms. The van der Waals surface area contributed by atoms with Crippen molar-refractivity contribution in [3.05, 3.63) is 21.3 Å². The summed E-state index contributed by atoms with van der Waals surface area (Å²) in [6, 6.07) is 3.97. The van der Waals surface area contributed by atoms with Crippen LogP contribution in [0.25, 0.3) is 0 Å². The van der Waals surface area contributed by atoms with Crippen LogP contribution in [0.4, 0.5) is 0 Å². The van der Waals surface area contributed by atoms with E-state index in [2.05, 4.69) is 0 Å². The molecule has 1 aromatic heterocycles. The summed E-state index contributed by atoms with van der Waals surface area (Å²) in [5.74, 6) is 0. The summed E-state index contributed by atoms with van der Waals surface area (Å²) < 4.78 is 5.96. The lowest BCUT2D eigenvalue weighted by atomic mass is 10.1. The molecule has 0 radical (unpaired) electrons. The van der Waals surface area contributed by atoms with Crippen molar-refractivity contribution in [2.45, 2.75) is 31.9 Å². The van der Waals surface area contributed by atoms with Gasteiger partial charge in [0.1, 0.15) is 0 Å². The fourth-order valence-electron chi connectivity index (χ4n) is 1.20. The van der Waals surface area contributed by atoms with E-state index >= 15 is 0 Å². The van der Waals surface area contributed by atoms with Crippen molar-refractivity contribution in [3.8, 4) is 0 Å². The predicted molar refractivity (Wildman–Crippen MR) is 62.0 cm³/mol. The zero-order valence-electron chi connectivity index (χ0n) is 8.50. The molecule has 2 nitrogen and oxygen atoms in total. The molecule has 0 aromatic carbocycles. The lowest BCUT2D eigenvalue weighted by molar-refractivity contribution is 0.107. The van der Waals surface area contributed by atoms with Gasteiger partial charge in [-0.05, 0) is 31.9 Å². The third kappa shape index (κ3) is 3.58. The molecule has 1 rings (SSSR count). The smallest absolute Gasteiger partial charge is 0.0931 e. The molecule has 0 saturated heterocycles. The number of halogens is 1. The first-order chi connectivity index (χ1) is 6.63. The molecule has 0 bridgehead atoms. The Bertz CT molecular complexity index is 277. The fraction of sp³-hybridized carbons (Fsp3) is 0.600. The highest BCUT2D eigenvalue weighted by molar-refractivity contribution is 7.16. The maximum atomic E-state index is 6.01. The van der Waals surface area contributed by atoms with Crippen LogP contribution in [0.3, 0.4) is 0 Å². The van der Waals surface area contributed by atoms with E-state index in [0.717, 1.165) is 22.1 Å². The van der Waals surface area contributed by atoms with Gasteiger partial charge in [-0.3, -0.25) is 0 Å². The van der Waals surface area contributed by atoms with Gasteiger partial charge in [0.15, 0.2) is 0 Å². The van der Waals surface area contributed by atoms with E-state index in [1.165, 1.54) is 0 Å². The predicted octanol–water partition coefficient (Wildman–Crippen LogP) is 3.22. The first kappa shape index (κ1) is 12.0. The van der Waals surface area contributed by atoms with E-state index in [1.54, 1.807) is 18.4 Å².